The maximum atomic E-state index is 12.1. The van der Waals surface area contributed by atoms with Crippen LogP contribution in [0.5, 0.6) is 0 Å². The Bertz CT molecular complexity index is 520. The van der Waals surface area contributed by atoms with Gasteiger partial charge in [0.05, 0.1) is 13.2 Å². The molecule has 0 aliphatic heterocycles. The van der Waals surface area contributed by atoms with Crippen LogP contribution in [-0.4, -0.2) is 12.4 Å². The lowest BCUT2D eigenvalue weighted by atomic mass is 9.70. The van der Waals surface area contributed by atoms with Crippen molar-refractivity contribution in [2.45, 2.75) is 26.9 Å². The number of Topliss-reactive ketones (excluding diaryl/α,β-unsaturated/α-hetero) is 1. The van der Waals surface area contributed by atoms with Crippen molar-refractivity contribution in [3.63, 3.8) is 0 Å². The van der Waals surface area contributed by atoms with Crippen molar-refractivity contribution >= 4 is 5.78 Å². The Morgan fingerprint density at radius 2 is 1.90 bits per heavy atom. The lowest BCUT2D eigenvalue weighted by Crippen LogP contribution is -2.34. The fourth-order valence-corrected chi connectivity index (χ4v) is 4.02. The Hall–Kier alpha value is -1.41. The van der Waals surface area contributed by atoms with Crippen LogP contribution in [0.4, 0.5) is 0 Å². The Morgan fingerprint density at radius 1 is 1.14 bits per heavy atom. The summed E-state index contributed by atoms with van der Waals surface area (Å²) in [6.45, 7) is 5.88. The molecule has 2 heteroatoms. The molecule has 1 aromatic rings. The molecule has 1 fully saturated rings. The average molecular weight is 284 g/mol. The highest BCUT2D eigenvalue weighted by atomic mass is 16.5. The van der Waals surface area contributed by atoms with Gasteiger partial charge in [-0.15, -0.1) is 0 Å². The quantitative estimate of drug-likeness (QED) is 0.785. The highest BCUT2D eigenvalue weighted by Crippen LogP contribution is 2.46. The van der Waals surface area contributed by atoms with E-state index in [1.807, 2.05) is 18.2 Å². The summed E-state index contributed by atoms with van der Waals surface area (Å²) in [5.74, 6) is 2.47. The molecule has 21 heavy (non-hydrogen) atoms. The normalized spacial score (nSPS) is 35.0. The van der Waals surface area contributed by atoms with Crippen molar-refractivity contribution in [3.8, 4) is 0 Å². The first-order chi connectivity index (χ1) is 10.2. The summed E-state index contributed by atoms with van der Waals surface area (Å²) in [6.07, 6.45) is 5.10. The summed E-state index contributed by atoms with van der Waals surface area (Å²) >= 11 is 0. The first kappa shape index (κ1) is 14.5. The van der Waals surface area contributed by atoms with Gasteiger partial charge in [0.15, 0.2) is 0 Å². The minimum absolute atomic E-state index is 0.140. The number of rotatable bonds is 4. The Kier molecular flexibility index (Phi) is 4.25. The number of allylic oxidation sites excluding steroid dienone is 2. The minimum Gasteiger partial charge on any atom is -0.376 e. The molecule has 0 bridgehead atoms. The second-order valence-corrected chi connectivity index (χ2v) is 6.66. The van der Waals surface area contributed by atoms with Crippen LogP contribution in [0.1, 0.15) is 25.8 Å². The van der Waals surface area contributed by atoms with Crippen LogP contribution in [0.3, 0.4) is 0 Å². The van der Waals surface area contributed by atoms with Crippen molar-refractivity contribution in [1.82, 2.24) is 0 Å². The van der Waals surface area contributed by atoms with Gasteiger partial charge in [0.1, 0.15) is 5.78 Å². The SMILES string of the molecule is C[C@@H]1C=C[C@@H]2C(=O)C[C@H](C)[C@H]2[C@H]1COCc1ccccc1. The standard InChI is InChI=1S/C19H24O2/c1-13-8-9-16-18(20)10-14(2)19(16)17(13)12-21-11-15-6-4-3-5-7-15/h3-9,13-14,16-17,19H,10-12H2,1-2H3/t13-,14+,16-,17+,19-/m1/s1. The monoisotopic (exact) mass is 284 g/mol. The van der Waals surface area contributed by atoms with Crippen molar-refractivity contribution in [1.29, 1.82) is 0 Å². The van der Waals surface area contributed by atoms with Crippen LogP contribution < -0.4 is 0 Å². The van der Waals surface area contributed by atoms with Crippen LogP contribution in [0.25, 0.3) is 0 Å². The summed E-state index contributed by atoms with van der Waals surface area (Å²) in [5.41, 5.74) is 1.21. The molecule has 2 aliphatic carbocycles. The molecule has 0 spiro atoms. The zero-order valence-electron chi connectivity index (χ0n) is 12.9. The van der Waals surface area contributed by atoms with Gasteiger partial charge in [0.2, 0.25) is 0 Å². The molecular formula is C19H24O2. The maximum absolute atomic E-state index is 12.1. The van der Waals surface area contributed by atoms with Gasteiger partial charge >= 0.3 is 0 Å². The summed E-state index contributed by atoms with van der Waals surface area (Å²) in [6, 6.07) is 10.3. The third-order valence-electron chi connectivity index (χ3n) is 5.18. The molecule has 0 aromatic heterocycles. The van der Waals surface area contributed by atoms with E-state index in [-0.39, 0.29) is 5.92 Å². The first-order valence-corrected chi connectivity index (χ1v) is 7.99. The van der Waals surface area contributed by atoms with E-state index in [2.05, 4.69) is 38.1 Å². The molecule has 2 aliphatic rings. The van der Waals surface area contributed by atoms with Crippen LogP contribution >= 0.6 is 0 Å². The van der Waals surface area contributed by atoms with E-state index in [4.69, 9.17) is 4.74 Å². The van der Waals surface area contributed by atoms with Gasteiger partial charge in [-0.2, -0.15) is 0 Å². The summed E-state index contributed by atoms with van der Waals surface area (Å²) in [4.78, 5) is 12.1. The Balaban J connectivity index is 1.64. The van der Waals surface area contributed by atoms with Crippen molar-refractivity contribution < 1.29 is 9.53 Å². The smallest absolute Gasteiger partial charge is 0.140 e. The van der Waals surface area contributed by atoms with E-state index in [0.29, 0.717) is 36.1 Å². The van der Waals surface area contributed by atoms with Gasteiger partial charge in [-0.3, -0.25) is 4.79 Å². The molecule has 0 amide bonds. The number of ether oxygens (including phenoxy) is 1. The van der Waals surface area contributed by atoms with Gasteiger partial charge < -0.3 is 4.74 Å². The van der Waals surface area contributed by atoms with Crippen LogP contribution in [0, 0.1) is 29.6 Å². The van der Waals surface area contributed by atoms with Gasteiger partial charge in [0, 0.05) is 12.3 Å². The largest absolute Gasteiger partial charge is 0.376 e. The molecule has 0 heterocycles. The Labute approximate surface area is 127 Å². The molecule has 1 aromatic carbocycles. The predicted octanol–water partition coefficient (Wildman–Crippen LogP) is 3.87. The molecule has 0 unspecified atom stereocenters. The first-order valence-electron chi connectivity index (χ1n) is 7.99. The van der Waals surface area contributed by atoms with Gasteiger partial charge in [-0.1, -0.05) is 56.3 Å². The van der Waals surface area contributed by atoms with Gasteiger partial charge in [0.25, 0.3) is 0 Å². The zero-order chi connectivity index (χ0) is 14.8. The Morgan fingerprint density at radius 3 is 2.67 bits per heavy atom. The topological polar surface area (TPSA) is 26.3 Å². The summed E-state index contributed by atoms with van der Waals surface area (Å²) in [7, 11) is 0. The minimum atomic E-state index is 0.140. The second-order valence-electron chi connectivity index (χ2n) is 6.66. The summed E-state index contributed by atoms with van der Waals surface area (Å²) in [5, 5.41) is 0. The van der Waals surface area contributed by atoms with E-state index in [1.54, 1.807) is 0 Å². The number of fused-ring (bicyclic) bond motifs is 1. The van der Waals surface area contributed by atoms with Crippen LogP contribution in [-0.2, 0) is 16.1 Å². The summed E-state index contributed by atoms with van der Waals surface area (Å²) < 4.78 is 5.98. The van der Waals surface area contributed by atoms with Gasteiger partial charge in [-0.05, 0) is 29.2 Å². The lowest BCUT2D eigenvalue weighted by molar-refractivity contribution is -0.120. The molecule has 2 nitrogen and oxygen atoms in total. The van der Waals surface area contributed by atoms with E-state index in [9.17, 15) is 4.79 Å². The third-order valence-corrected chi connectivity index (χ3v) is 5.18. The highest BCUT2D eigenvalue weighted by Gasteiger charge is 2.46. The lowest BCUT2D eigenvalue weighted by Gasteiger charge is -2.36. The number of carbonyl (C=O) groups excluding carboxylic acids is 1. The van der Waals surface area contributed by atoms with Crippen LogP contribution in [0.2, 0.25) is 0 Å². The zero-order valence-corrected chi connectivity index (χ0v) is 12.9. The molecule has 5 atom stereocenters. The number of hydrogen-bond donors (Lipinski definition) is 0. The maximum Gasteiger partial charge on any atom is 0.140 e. The van der Waals surface area contributed by atoms with E-state index >= 15 is 0 Å². The van der Waals surface area contributed by atoms with Gasteiger partial charge in [-0.25, -0.2) is 0 Å². The molecular weight excluding hydrogens is 260 g/mol. The van der Waals surface area contributed by atoms with E-state index in [1.165, 1.54) is 5.56 Å². The van der Waals surface area contributed by atoms with Crippen molar-refractivity contribution in [3.05, 3.63) is 48.0 Å². The molecule has 0 saturated heterocycles. The van der Waals surface area contributed by atoms with E-state index < -0.39 is 0 Å². The highest BCUT2D eigenvalue weighted by molar-refractivity contribution is 5.85. The van der Waals surface area contributed by atoms with Crippen molar-refractivity contribution in [2.24, 2.45) is 29.6 Å². The fourth-order valence-electron chi connectivity index (χ4n) is 4.02. The molecule has 1 saturated carbocycles. The number of carbonyl (C=O) groups is 1. The van der Waals surface area contributed by atoms with Crippen molar-refractivity contribution in [2.75, 3.05) is 6.61 Å². The number of hydrogen-bond acceptors (Lipinski definition) is 2. The predicted molar refractivity (Wildman–Crippen MR) is 83.7 cm³/mol. The molecule has 0 N–H and O–H groups in total. The molecule has 0 radical (unpaired) electrons. The molecule has 112 valence electrons. The van der Waals surface area contributed by atoms with Crippen LogP contribution in [0.15, 0.2) is 42.5 Å². The average Bonchev–Trinajstić information content (AvgIpc) is 2.77. The number of benzene rings is 1. The fraction of sp³-hybridized carbons (Fsp3) is 0.526. The third kappa shape index (κ3) is 2.96. The molecule has 3 rings (SSSR count). The van der Waals surface area contributed by atoms with E-state index in [0.717, 1.165) is 13.0 Å². The second kappa shape index (κ2) is 6.15. The number of ketones is 1.